The van der Waals surface area contributed by atoms with Crippen molar-refractivity contribution in [2.45, 2.75) is 19.6 Å². The molecule has 0 unspecified atom stereocenters. The lowest BCUT2D eigenvalue weighted by molar-refractivity contribution is -0.129. The zero-order chi connectivity index (χ0) is 15.0. The summed E-state index contributed by atoms with van der Waals surface area (Å²) >= 11 is 0. The molecule has 0 saturated heterocycles. The van der Waals surface area contributed by atoms with E-state index in [9.17, 15) is 9.59 Å². The highest BCUT2D eigenvalue weighted by Crippen LogP contribution is 2.07. The van der Waals surface area contributed by atoms with Crippen LogP contribution >= 0.6 is 0 Å². The Kier molecular flexibility index (Phi) is 6.69. The number of aliphatic hydroxyl groups excluding tert-OH is 1. The molecule has 0 aromatic heterocycles. The van der Waals surface area contributed by atoms with E-state index >= 15 is 0 Å². The van der Waals surface area contributed by atoms with Gasteiger partial charge in [0.25, 0.3) is 5.91 Å². The maximum atomic E-state index is 11.8. The minimum atomic E-state index is -0.878. The fourth-order valence-electron chi connectivity index (χ4n) is 1.45. The van der Waals surface area contributed by atoms with E-state index in [0.29, 0.717) is 24.3 Å². The van der Waals surface area contributed by atoms with E-state index < -0.39 is 12.1 Å². The highest BCUT2D eigenvalue weighted by Gasteiger charge is 2.18. The number of hydrogen-bond donors (Lipinski definition) is 2. The van der Waals surface area contributed by atoms with Crippen LogP contribution in [0.2, 0.25) is 0 Å². The van der Waals surface area contributed by atoms with E-state index in [-0.39, 0.29) is 12.5 Å². The third-order valence-electron chi connectivity index (χ3n) is 2.63. The molecule has 0 spiro atoms. The van der Waals surface area contributed by atoms with Gasteiger partial charge in [-0.15, -0.1) is 0 Å². The van der Waals surface area contributed by atoms with Crippen molar-refractivity contribution in [1.29, 1.82) is 0 Å². The average molecular weight is 281 g/mol. The van der Waals surface area contributed by atoms with Crippen molar-refractivity contribution >= 4 is 11.9 Å². The molecular weight excluding hydrogens is 262 g/mol. The first-order valence-corrected chi connectivity index (χ1v) is 6.26. The molecule has 0 radical (unpaired) electrons. The van der Waals surface area contributed by atoms with Crippen LogP contribution in [0.5, 0.6) is 0 Å². The van der Waals surface area contributed by atoms with Gasteiger partial charge >= 0.3 is 5.97 Å². The van der Waals surface area contributed by atoms with Gasteiger partial charge in [-0.1, -0.05) is 12.1 Å². The van der Waals surface area contributed by atoms with Gasteiger partial charge in [0, 0.05) is 13.7 Å². The molecule has 0 fully saturated rings. The normalized spacial score (nSPS) is 11.8. The van der Waals surface area contributed by atoms with Crippen molar-refractivity contribution in [2.24, 2.45) is 0 Å². The first kappa shape index (κ1) is 16.1. The van der Waals surface area contributed by atoms with Crippen LogP contribution in [-0.4, -0.2) is 43.3 Å². The summed E-state index contributed by atoms with van der Waals surface area (Å²) in [6.45, 7) is 2.17. The third kappa shape index (κ3) is 4.99. The largest absolute Gasteiger partial charge is 0.449 e. The second-order valence-electron chi connectivity index (χ2n) is 4.19. The molecule has 1 amide bonds. The molecule has 110 valence electrons. The monoisotopic (exact) mass is 281 g/mol. The number of amides is 1. The van der Waals surface area contributed by atoms with E-state index in [1.165, 1.54) is 14.0 Å². The first-order valence-electron chi connectivity index (χ1n) is 6.26. The first-order chi connectivity index (χ1) is 9.58. The number of rotatable bonds is 7. The Morgan fingerprint density at radius 2 is 1.95 bits per heavy atom. The number of aliphatic hydroxyl groups is 1. The van der Waals surface area contributed by atoms with Gasteiger partial charge < -0.3 is 19.9 Å². The van der Waals surface area contributed by atoms with Crippen molar-refractivity contribution in [3.63, 3.8) is 0 Å². The molecule has 0 saturated carbocycles. The fourth-order valence-corrected chi connectivity index (χ4v) is 1.45. The maximum absolute atomic E-state index is 11.8. The van der Waals surface area contributed by atoms with Gasteiger partial charge in [0.1, 0.15) is 0 Å². The van der Waals surface area contributed by atoms with Crippen molar-refractivity contribution in [3.05, 3.63) is 35.4 Å². The summed E-state index contributed by atoms with van der Waals surface area (Å²) in [6.07, 6.45) is -0.878. The molecule has 1 rings (SSSR count). The molecule has 6 nitrogen and oxygen atoms in total. The van der Waals surface area contributed by atoms with Crippen molar-refractivity contribution in [3.8, 4) is 0 Å². The van der Waals surface area contributed by atoms with E-state index in [1.807, 2.05) is 0 Å². The van der Waals surface area contributed by atoms with Gasteiger partial charge in [-0.25, -0.2) is 4.79 Å². The Labute approximate surface area is 117 Å². The molecule has 0 aliphatic carbocycles. The second-order valence-corrected chi connectivity index (χ2v) is 4.19. The summed E-state index contributed by atoms with van der Waals surface area (Å²) in [7, 11) is 1.53. The molecule has 0 aliphatic rings. The summed E-state index contributed by atoms with van der Waals surface area (Å²) in [5.41, 5.74) is 1.03. The van der Waals surface area contributed by atoms with E-state index in [2.05, 4.69) is 5.32 Å². The van der Waals surface area contributed by atoms with Gasteiger partial charge in [0.2, 0.25) is 0 Å². The minimum Gasteiger partial charge on any atom is -0.449 e. The molecule has 1 aromatic carbocycles. The van der Waals surface area contributed by atoms with Crippen molar-refractivity contribution < 1.29 is 24.2 Å². The van der Waals surface area contributed by atoms with E-state index in [0.717, 1.165) is 0 Å². The molecule has 0 aliphatic heterocycles. The van der Waals surface area contributed by atoms with Crippen LogP contribution in [0.25, 0.3) is 0 Å². The topological polar surface area (TPSA) is 84.9 Å². The van der Waals surface area contributed by atoms with Crippen LogP contribution < -0.4 is 5.32 Å². The Morgan fingerprint density at radius 1 is 1.30 bits per heavy atom. The molecule has 1 aromatic rings. The Balaban J connectivity index is 2.49. The van der Waals surface area contributed by atoms with Crippen LogP contribution in [0.3, 0.4) is 0 Å². The zero-order valence-corrected chi connectivity index (χ0v) is 11.6. The fraction of sp³-hybridized carbons (Fsp3) is 0.429. The number of methoxy groups -OCH3 is 1. The summed E-state index contributed by atoms with van der Waals surface area (Å²) in [5.74, 6) is -0.953. The lowest BCUT2D eigenvalue weighted by Gasteiger charge is -2.13. The van der Waals surface area contributed by atoms with Crippen LogP contribution in [-0.2, 0) is 20.9 Å². The quantitative estimate of drug-likeness (QED) is 0.561. The molecule has 1 atom stereocenters. The summed E-state index contributed by atoms with van der Waals surface area (Å²) in [4.78, 5) is 23.4. The number of nitrogens with one attached hydrogen (secondary N) is 1. The molecular formula is C14H19NO5. The average Bonchev–Trinajstić information content (AvgIpc) is 2.47. The Hall–Kier alpha value is -1.92. The van der Waals surface area contributed by atoms with Crippen LogP contribution in [0.4, 0.5) is 0 Å². The third-order valence-corrected chi connectivity index (χ3v) is 2.63. The van der Waals surface area contributed by atoms with Gasteiger partial charge in [-0.3, -0.25) is 4.79 Å². The maximum Gasteiger partial charge on any atom is 0.338 e. The number of benzene rings is 1. The van der Waals surface area contributed by atoms with Crippen LogP contribution in [0, 0.1) is 0 Å². The second kappa shape index (κ2) is 8.29. The number of ether oxygens (including phenoxy) is 2. The van der Waals surface area contributed by atoms with Crippen molar-refractivity contribution in [1.82, 2.24) is 5.32 Å². The summed E-state index contributed by atoms with van der Waals surface area (Å²) < 4.78 is 9.85. The predicted molar refractivity (Wildman–Crippen MR) is 72.1 cm³/mol. The smallest absolute Gasteiger partial charge is 0.338 e. The van der Waals surface area contributed by atoms with E-state index in [1.54, 1.807) is 24.3 Å². The van der Waals surface area contributed by atoms with Gasteiger partial charge in [0.05, 0.1) is 18.8 Å². The summed E-state index contributed by atoms with van der Waals surface area (Å²) in [6, 6.07) is 6.34. The minimum absolute atomic E-state index is 0.0896. The Morgan fingerprint density at radius 3 is 2.50 bits per heavy atom. The number of carbonyl (C=O) groups is 2. The van der Waals surface area contributed by atoms with E-state index in [4.69, 9.17) is 14.6 Å². The molecule has 0 bridgehead atoms. The standard InChI is InChI=1S/C14H19NO5/c1-10(13(17)15-7-8-19-2)20-14(18)12-5-3-11(9-16)4-6-12/h3-6,10,16H,7-9H2,1-2H3,(H,15,17)/t10-/m1/s1. The van der Waals surface area contributed by atoms with Crippen LogP contribution in [0.1, 0.15) is 22.8 Å². The van der Waals surface area contributed by atoms with Crippen LogP contribution in [0.15, 0.2) is 24.3 Å². The Bertz CT molecular complexity index is 443. The SMILES string of the molecule is COCCNC(=O)[C@@H](C)OC(=O)c1ccc(CO)cc1. The molecule has 6 heteroatoms. The van der Waals surface area contributed by atoms with Gasteiger partial charge in [-0.2, -0.15) is 0 Å². The number of esters is 1. The van der Waals surface area contributed by atoms with Gasteiger partial charge in [0.15, 0.2) is 6.10 Å². The summed E-state index contributed by atoms with van der Waals surface area (Å²) in [5, 5.41) is 11.5. The van der Waals surface area contributed by atoms with Crippen molar-refractivity contribution in [2.75, 3.05) is 20.3 Å². The van der Waals surface area contributed by atoms with Gasteiger partial charge in [-0.05, 0) is 24.6 Å². The lowest BCUT2D eigenvalue weighted by atomic mass is 10.1. The molecule has 2 N–H and O–H groups in total. The molecule has 0 heterocycles. The highest BCUT2D eigenvalue weighted by atomic mass is 16.5. The zero-order valence-electron chi connectivity index (χ0n) is 11.6. The number of carbonyl (C=O) groups excluding carboxylic acids is 2. The predicted octanol–water partition coefficient (Wildman–Crippen LogP) is 0.487. The highest BCUT2D eigenvalue weighted by molar-refractivity contribution is 5.92. The number of hydrogen-bond acceptors (Lipinski definition) is 5. The lowest BCUT2D eigenvalue weighted by Crippen LogP contribution is -2.37. The molecule has 20 heavy (non-hydrogen) atoms.